The van der Waals surface area contributed by atoms with E-state index in [1.807, 2.05) is 0 Å². The summed E-state index contributed by atoms with van der Waals surface area (Å²) in [5.41, 5.74) is 0. The van der Waals surface area contributed by atoms with E-state index in [2.05, 4.69) is 12.9 Å². The predicted octanol–water partition coefficient (Wildman–Crippen LogP) is -10.0. The second-order valence-corrected chi connectivity index (χ2v) is 10.3. The first-order chi connectivity index (χ1) is 11.1. The molecular formula is Mo2O21P6-12. The smallest absolute Gasteiger partial charge is 0.0655 e. The molecule has 0 N–H and O–H groups in total. The van der Waals surface area contributed by atoms with Gasteiger partial charge < -0.3 is 99.0 Å². The van der Waals surface area contributed by atoms with Crippen LogP contribution in [0.5, 0.6) is 0 Å². The van der Waals surface area contributed by atoms with Gasteiger partial charge in [0.25, 0.3) is 0 Å². The molecule has 0 atom stereocenters. The van der Waals surface area contributed by atoms with Gasteiger partial charge in [0.2, 0.25) is 0 Å². The molecule has 0 rings (SSSR count). The van der Waals surface area contributed by atoms with Gasteiger partial charge in [-0.05, 0) is 0 Å². The summed E-state index contributed by atoms with van der Waals surface area (Å²) in [6, 6.07) is 0. The number of hydrogen-bond acceptors (Lipinski definition) is 21. The van der Waals surface area contributed by atoms with E-state index >= 15 is 0 Å². The fourth-order valence-corrected chi connectivity index (χ4v) is 3.31. The molecule has 0 amide bonds. The van der Waals surface area contributed by atoms with Crippen molar-refractivity contribution in [2.45, 2.75) is 0 Å². The third-order valence-corrected chi connectivity index (χ3v) is 5.40. The van der Waals surface area contributed by atoms with Crippen LogP contribution in [0.25, 0.3) is 0 Å². The summed E-state index contributed by atoms with van der Waals surface area (Å²) in [5, 5.41) is 0. The van der Waals surface area contributed by atoms with Crippen LogP contribution in [-0.4, -0.2) is 0 Å². The van der Waals surface area contributed by atoms with Gasteiger partial charge in [-0.25, -0.2) is 0 Å². The Morgan fingerprint density at radius 1 is 0.310 bits per heavy atom. The molecule has 29 heteroatoms. The minimum absolute atomic E-state index is 0. The average Bonchev–Trinajstić information content (AvgIpc) is 1.96. The zero-order chi connectivity index (χ0) is 23.1. The first-order valence-electron chi connectivity index (χ1n) is 4.38. The summed E-state index contributed by atoms with van der Waals surface area (Å²) >= 11 is 0. The molecule has 0 aliphatic carbocycles. The van der Waals surface area contributed by atoms with Crippen molar-refractivity contribution in [1.82, 2.24) is 0 Å². The molecule has 21 nitrogen and oxygen atoms in total. The normalized spacial score (nSPS) is 12.8. The van der Waals surface area contributed by atoms with Gasteiger partial charge in [0.15, 0.2) is 0 Å². The average molecular weight is 714 g/mol. The quantitative estimate of drug-likeness (QED) is 0.182. The summed E-state index contributed by atoms with van der Waals surface area (Å²) in [7, 11) is -34.1. The second-order valence-electron chi connectivity index (χ2n) is 2.93. The molecule has 0 radical (unpaired) electrons. The minimum atomic E-state index is -5.68. The summed E-state index contributed by atoms with van der Waals surface area (Å²) in [5.74, 6) is 0. The van der Waals surface area contributed by atoms with Crippen LogP contribution in [0.3, 0.4) is 0 Å². The Hall–Kier alpha value is 2.16. The van der Waals surface area contributed by atoms with Crippen molar-refractivity contribution in [2.24, 2.45) is 0 Å². The van der Waals surface area contributed by atoms with Crippen LogP contribution < -0.4 is 58.7 Å². The van der Waals surface area contributed by atoms with Crippen molar-refractivity contribution in [3.63, 3.8) is 0 Å². The molecule has 0 aromatic carbocycles. The van der Waals surface area contributed by atoms with Crippen LogP contribution in [0.1, 0.15) is 0 Å². The molecule has 0 saturated heterocycles. The summed E-state index contributed by atoms with van der Waals surface area (Å²) in [6.07, 6.45) is 0. The van der Waals surface area contributed by atoms with E-state index < -0.39 is 46.9 Å². The van der Waals surface area contributed by atoms with E-state index in [1.165, 1.54) is 0 Å². The Morgan fingerprint density at radius 3 is 0.379 bits per heavy atom. The van der Waals surface area contributed by atoms with E-state index in [9.17, 15) is 86.1 Å². The third-order valence-electron chi connectivity index (χ3n) is 0.600. The fraction of sp³-hybridized carbons (Fsp3) is 0. The molecule has 0 aliphatic rings. The Kier molecular flexibility index (Phi) is 21.6. The van der Waals surface area contributed by atoms with Crippen LogP contribution in [0.15, 0.2) is 0 Å². The van der Waals surface area contributed by atoms with E-state index in [-0.39, 0.29) is 42.1 Å². The van der Waals surface area contributed by atoms with E-state index in [0.29, 0.717) is 0 Å². The zero-order valence-electron chi connectivity index (χ0n) is 12.1. The molecule has 0 aliphatic heterocycles. The molecule has 0 aromatic heterocycles. The van der Waals surface area contributed by atoms with E-state index in [1.54, 1.807) is 0 Å². The third kappa shape index (κ3) is 58.8. The van der Waals surface area contributed by atoms with Gasteiger partial charge in [0.05, 0.1) is 46.9 Å². The molecule has 180 valence electrons. The molecule has 0 unspecified atom stereocenters. The van der Waals surface area contributed by atoms with Crippen LogP contribution >= 0.6 is 46.9 Å². The first-order valence-corrected chi connectivity index (χ1v) is 13.1. The maximum absolute atomic E-state index is 9.32. The largest absolute Gasteiger partial charge is 0.790 e. The predicted molar refractivity (Wildman–Crippen MR) is 48.9 cm³/mol. The molecule has 0 aromatic rings. The zero-order valence-corrected chi connectivity index (χ0v) is 21.5. The Labute approximate surface area is 187 Å². The van der Waals surface area contributed by atoms with E-state index in [0.717, 1.165) is 0 Å². The first kappa shape index (κ1) is 41.4. The van der Waals surface area contributed by atoms with Crippen LogP contribution in [0, 0.1) is 0 Å². The monoisotopic (exact) mass is 718 g/mol. The molecule has 29 heavy (non-hydrogen) atoms. The van der Waals surface area contributed by atoms with E-state index in [4.69, 9.17) is 0 Å². The maximum atomic E-state index is 9.32. The van der Waals surface area contributed by atoms with Gasteiger partial charge in [0, 0.05) is 42.1 Å². The van der Waals surface area contributed by atoms with Crippen molar-refractivity contribution in [3.8, 4) is 0 Å². The Balaban J connectivity index is -0.0000000960. The minimum Gasteiger partial charge on any atom is -0.790 e. The number of phosphoric acid groups is 6. The number of rotatable bonds is 6. The Bertz CT molecular complexity index is 552. The fourth-order valence-electron chi connectivity index (χ4n) is 0.367. The topological polar surface area (TPSA) is 407 Å². The molecule has 0 bridgehead atoms. The standard InChI is InChI=1S/2Mo.3H4O7P2/c;;3*1-8(2,3)7-9(4,5)6/h;;3*(H2,1,2,3)(H2,4,5,6)/p-12. The summed E-state index contributed by atoms with van der Waals surface area (Å²) in [4.78, 5) is 112. The molecule has 0 fully saturated rings. The van der Waals surface area contributed by atoms with Crippen LogP contribution in [-0.2, 0) is 82.5 Å². The van der Waals surface area contributed by atoms with Gasteiger partial charge in [-0.1, -0.05) is 0 Å². The summed E-state index contributed by atoms with van der Waals surface area (Å²) in [6.45, 7) is 0. The molecular weight excluding hydrogens is 714 g/mol. The molecule has 0 heterocycles. The van der Waals surface area contributed by atoms with Gasteiger partial charge in [-0.2, -0.15) is 0 Å². The van der Waals surface area contributed by atoms with Crippen molar-refractivity contribution in [2.75, 3.05) is 0 Å². The van der Waals surface area contributed by atoms with Gasteiger partial charge in [-0.15, -0.1) is 0 Å². The summed E-state index contributed by atoms with van der Waals surface area (Å²) < 4.78 is 63.5. The molecule has 0 saturated carbocycles. The maximum Gasteiger partial charge on any atom is 0.0655 e. The Morgan fingerprint density at radius 2 is 0.379 bits per heavy atom. The van der Waals surface area contributed by atoms with Crippen LogP contribution in [0.2, 0.25) is 0 Å². The van der Waals surface area contributed by atoms with Gasteiger partial charge in [-0.3, -0.25) is 0 Å². The van der Waals surface area contributed by atoms with Gasteiger partial charge >= 0.3 is 0 Å². The SMILES string of the molecule is O=P([O-])([O-])OP(=O)([O-])[O-].O=P([O-])([O-])OP(=O)([O-])[O-].O=P([O-])([O-])OP(=O)([O-])[O-].[Mo].[Mo]. The van der Waals surface area contributed by atoms with Crippen molar-refractivity contribution < 1.29 is 141 Å². The van der Waals surface area contributed by atoms with Crippen molar-refractivity contribution in [1.29, 1.82) is 0 Å². The number of hydrogen-bond donors (Lipinski definition) is 0. The molecule has 0 spiro atoms. The second kappa shape index (κ2) is 15.1. The van der Waals surface area contributed by atoms with Crippen molar-refractivity contribution >= 4 is 46.9 Å². The van der Waals surface area contributed by atoms with Gasteiger partial charge in [0.1, 0.15) is 0 Å². The van der Waals surface area contributed by atoms with Crippen molar-refractivity contribution in [3.05, 3.63) is 0 Å². The van der Waals surface area contributed by atoms with Crippen LogP contribution in [0.4, 0.5) is 0 Å².